The number of ether oxygens (including phenoxy) is 1. The summed E-state index contributed by atoms with van der Waals surface area (Å²) in [4.78, 5) is 20.1. The number of pyridine rings is 1. The number of fused-ring (bicyclic) bond motifs is 1. The van der Waals surface area contributed by atoms with Gasteiger partial charge in [0.05, 0.1) is 5.69 Å². The molecule has 0 saturated carbocycles. The Bertz CT molecular complexity index is 1260. The maximum Gasteiger partial charge on any atom is 0.255 e. The predicted octanol–water partition coefficient (Wildman–Crippen LogP) is 5.02. The van der Waals surface area contributed by atoms with Gasteiger partial charge in [-0.2, -0.15) is 11.8 Å². The van der Waals surface area contributed by atoms with Gasteiger partial charge in [0.15, 0.2) is 0 Å². The summed E-state index contributed by atoms with van der Waals surface area (Å²) in [6, 6.07) is 19.3. The summed E-state index contributed by atoms with van der Waals surface area (Å²) in [5, 5.41) is 3.09. The second-order valence-corrected chi connectivity index (χ2v) is 9.67. The Balaban J connectivity index is 1.24. The summed E-state index contributed by atoms with van der Waals surface area (Å²) in [6.07, 6.45) is 3.91. The number of thioether (sulfide) groups is 1. The second-order valence-electron chi connectivity index (χ2n) is 8.45. The minimum absolute atomic E-state index is 0.146. The van der Waals surface area contributed by atoms with Gasteiger partial charge in [0.25, 0.3) is 5.91 Å². The van der Waals surface area contributed by atoms with E-state index in [1.165, 1.54) is 17.1 Å². The molecule has 0 radical (unpaired) electrons. The van der Waals surface area contributed by atoms with Crippen LogP contribution in [0.15, 0.2) is 73.1 Å². The SMILES string of the molecule is Cc1c(CN2CCSCC2)cccc1NC(=O)c1cccc(OCc2cn3ccccc3n2)c1. The highest BCUT2D eigenvalue weighted by molar-refractivity contribution is 7.99. The monoisotopic (exact) mass is 472 g/mol. The number of nitrogens with zero attached hydrogens (tertiary/aromatic N) is 3. The molecule has 0 atom stereocenters. The highest BCUT2D eigenvalue weighted by atomic mass is 32.2. The number of imidazole rings is 1. The van der Waals surface area contributed by atoms with E-state index in [4.69, 9.17) is 4.74 Å². The molecule has 0 bridgehead atoms. The van der Waals surface area contributed by atoms with E-state index in [1.807, 2.05) is 71.0 Å². The lowest BCUT2D eigenvalue weighted by Gasteiger charge is -2.27. The number of aromatic nitrogens is 2. The Morgan fingerprint density at radius 2 is 1.94 bits per heavy atom. The summed E-state index contributed by atoms with van der Waals surface area (Å²) in [6.45, 7) is 5.56. The van der Waals surface area contributed by atoms with E-state index in [0.717, 1.165) is 42.2 Å². The van der Waals surface area contributed by atoms with Crippen molar-refractivity contribution in [1.82, 2.24) is 14.3 Å². The third kappa shape index (κ3) is 5.26. The molecule has 34 heavy (non-hydrogen) atoms. The molecule has 1 N–H and O–H groups in total. The summed E-state index contributed by atoms with van der Waals surface area (Å²) in [7, 11) is 0. The van der Waals surface area contributed by atoms with E-state index in [-0.39, 0.29) is 5.91 Å². The van der Waals surface area contributed by atoms with Gasteiger partial charge >= 0.3 is 0 Å². The molecule has 0 aliphatic carbocycles. The predicted molar refractivity (Wildman–Crippen MR) is 138 cm³/mol. The van der Waals surface area contributed by atoms with Crippen LogP contribution in [-0.2, 0) is 13.2 Å². The molecule has 0 spiro atoms. The van der Waals surface area contributed by atoms with Crippen molar-refractivity contribution in [1.29, 1.82) is 0 Å². The van der Waals surface area contributed by atoms with Crippen molar-refractivity contribution in [2.24, 2.45) is 0 Å². The number of amides is 1. The molecule has 2 aromatic carbocycles. The molecule has 1 saturated heterocycles. The zero-order chi connectivity index (χ0) is 23.3. The molecule has 0 unspecified atom stereocenters. The number of rotatable bonds is 7. The first kappa shape index (κ1) is 22.5. The lowest BCUT2D eigenvalue weighted by molar-refractivity contribution is 0.102. The van der Waals surface area contributed by atoms with Crippen LogP contribution in [0.3, 0.4) is 0 Å². The molecule has 4 aromatic rings. The van der Waals surface area contributed by atoms with Crippen molar-refractivity contribution in [2.45, 2.75) is 20.1 Å². The maximum atomic E-state index is 13.0. The summed E-state index contributed by atoms with van der Waals surface area (Å²) >= 11 is 2.01. The van der Waals surface area contributed by atoms with Crippen LogP contribution in [0, 0.1) is 6.92 Å². The Morgan fingerprint density at radius 3 is 2.79 bits per heavy atom. The molecule has 1 aliphatic rings. The van der Waals surface area contributed by atoms with Gasteiger partial charge in [-0.3, -0.25) is 9.69 Å². The van der Waals surface area contributed by atoms with E-state index >= 15 is 0 Å². The third-order valence-corrected chi connectivity index (χ3v) is 7.03. The smallest absolute Gasteiger partial charge is 0.255 e. The van der Waals surface area contributed by atoms with Crippen LogP contribution in [0.5, 0.6) is 5.75 Å². The number of anilines is 1. The quantitative estimate of drug-likeness (QED) is 0.409. The largest absolute Gasteiger partial charge is 0.487 e. The molecule has 1 aliphatic heterocycles. The topological polar surface area (TPSA) is 58.9 Å². The van der Waals surface area contributed by atoms with E-state index < -0.39 is 0 Å². The number of carbonyl (C=O) groups excluding carboxylic acids is 1. The highest BCUT2D eigenvalue weighted by Gasteiger charge is 2.15. The number of nitrogens with one attached hydrogen (secondary N) is 1. The fourth-order valence-corrected chi connectivity index (χ4v) is 5.10. The molecular formula is C27H28N4O2S. The van der Waals surface area contributed by atoms with E-state index in [1.54, 1.807) is 12.1 Å². The van der Waals surface area contributed by atoms with Crippen molar-refractivity contribution in [3.05, 3.63) is 95.4 Å². The zero-order valence-corrected chi connectivity index (χ0v) is 20.1. The maximum absolute atomic E-state index is 13.0. The standard InChI is InChI=1S/C27H28N4O2S/c1-20-22(17-30-12-14-34-15-13-30)7-5-9-25(20)29-27(32)21-6-4-8-24(16-21)33-19-23-18-31-11-3-2-10-26(31)28-23/h2-11,16,18H,12-15,17,19H2,1H3,(H,29,32). The zero-order valence-electron chi connectivity index (χ0n) is 19.2. The highest BCUT2D eigenvalue weighted by Crippen LogP contribution is 2.23. The molecule has 5 rings (SSSR count). The molecule has 6 nitrogen and oxygen atoms in total. The van der Waals surface area contributed by atoms with Crippen LogP contribution in [0.1, 0.15) is 27.2 Å². The third-order valence-electron chi connectivity index (χ3n) is 6.09. The van der Waals surface area contributed by atoms with Gasteiger partial charge in [0.1, 0.15) is 18.0 Å². The van der Waals surface area contributed by atoms with E-state index in [2.05, 4.69) is 28.2 Å². The van der Waals surface area contributed by atoms with Gasteiger partial charge in [0, 0.05) is 54.8 Å². The Morgan fingerprint density at radius 1 is 1.09 bits per heavy atom. The Labute approximate surface area is 204 Å². The van der Waals surface area contributed by atoms with Crippen molar-refractivity contribution < 1.29 is 9.53 Å². The molecule has 1 fully saturated rings. The minimum atomic E-state index is -0.146. The van der Waals surface area contributed by atoms with Crippen LogP contribution >= 0.6 is 11.8 Å². The van der Waals surface area contributed by atoms with Crippen molar-refractivity contribution in [2.75, 3.05) is 29.9 Å². The molecule has 1 amide bonds. The van der Waals surface area contributed by atoms with Crippen LogP contribution in [0.2, 0.25) is 0 Å². The number of benzene rings is 2. The van der Waals surface area contributed by atoms with Crippen LogP contribution < -0.4 is 10.1 Å². The normalized spacial score (nSPS) is 14.3. The molecule has 2 aromatic heterocycles. The van der Waals surface area contributed by atoms with Gasteiger partial charge in [-0.25, -0.2) is 4.98 Å². The van der Waals surface area contributed by atoms with Crippen molar-refractivity contribution in [3.63, 3.8) is 0 Å². The summed E-state index contributed by atoms with van der Waals surface area (Å²) in [5.74, 6) is 2.86. The van der Waals surface area contributed by atoms with Gasteiger partial charge in [-0.1, -0.05) is 24.3 Å². The van der Waals surface area contributed by atoms with Crippen molar-refractivity contribution in [3.8, 4) is 5.75 Å². The van der Waals surface area contributed by atoms with Crippen molar-refractivity contribution >= 4 is 29.0 Å². The van der Waals surface area contributed by atoms with E-state index in [0.29, 0.717) is 17.9 Å². The first-order valence-electron chi connectivity index (χ1n) is 11.5. The lowest BCUT2D eigenvalue weighted by atomic mass is 10.1. The fraction of sp³-hybridized carbons (Fsp3) is 0.259. The second kappa shape index (κ2) is 10.3. The summed E-state index contributed by atoms with van der Waals surface area (Å²) < 4.78 is 7.89. The average molecular weight is 473 g/mol. The van der Waals surface area contributed by atoms with Gasteiger partial charge < -0.3 is 14.5 Å². The van der Waals surface area contributed by atoms with E-state index in [9.17, 15) is 4.79 Å². The Hall–Kier alpha value is -3.29. The fourth-order valence-electron chi connectivity index (χ4n) is 4.13. The number of hydrogen-bond donors (Lipinski definition) is 1. The molecular weight excluding hydrogens is 444 g/mol. The average Bonchev–Trinajstić information content (AvgIpc) is 3.29. The van der Waals surface area contributed by atoms with Crippen LogP contribution in [0.4, 0.5) is 5.69 Å². The van der Waals surface area contributed by atoms with Gasteiger partial charge in [-0.15, -0.1) is 0 Å². The minimum Gasteiger partial charge on any atom is -0.487 e. The lowest BCUT2D eigenvalue weighted by Crippen LogP contribution is -2.32. The number of carbonyl (C=O) groups is 1. The molecule has 174 valence electrons. The van der Waals surface area contributed by atoms with Crippen LogP contribution in [-0.4, -0.2) is 44.8 Å². The molecule has 7 heteroatoms. The first-order chi connectivity index (χ1) is 16.7. The molecule has 3 heterocycles. The van der Waals surface area contributed by atoms with Gasteiger partial charge in [-0.05, 0) is 54.4 Å². The Kier molecular flexibility index (Phi) is 6.83. The van der Waals surface area contributed by atoms with Gasteiger partial charge in [0.2, 0.25) is 0 Å². The number of hydrogen-bond acceptors (Lipinski definition) is 5. The first-order valence-corrected chi connectivity index (χ1v) is 12.7. The summed E-state index contributed by atoms with van der Waals surface area (Å²) in [5.41, 5.74) is 5.50. The van der Waals surface area contributed by atoms with Crippen LogP contribution in [0.25, 0.3) is 5.65 Å².